The molecule has 0 radical (unpaired) electrons. The van der Waals surface area contributed by atoms with E-state index >= 15 is 0 Å². The molecular weight excluding hydrogens is 224 g/mol. The summed E-state index contributed by atoms with van der Waals surface area (Å²) in [5.74, 6) is 0.528. The largest absolute Gasteiger partial charge is 0.511 e. The minimum absolute atomic E-state index is 0.528. The van der Waals surface area contributed by atoms with Crippen LogP contribution in [0.5, 0.6) is 0 Å². The molecule has 1 fully saturated rings. The van der Waals surface area contributed by atoms with Gasteiger partial charge >= 0.3 is 0 Å². The van der Waals surface area contributed by atoms with Gasteiger partial charge < -0.3 is 10.8 Å². The second-order valence-corrected chi connectivity index (χ2v) is 4.75. The summed E-state index contributed by atoms with van der Waals surface area (Å²) in [7, 11) is 0. The van der Waals surface area contributed by atoms with Crippen LogP contribution < -0.4 is 5.73 Å². The Morgan fingerprint density at radius 2 is 2.22 bits per heavy atom. The third-order valence-corrected chi connectivity index (χ3v) is 3.03. The van der Waals surface area contributed by atoms with Crippen molar-refractivity contribution >= 4 is 5.69 Å². The zero-order valence-electron chi connectivity index (χ0n) is 10.6. The highest BCUT2D eigenvalue weighted by Gasteiger charge is 2.18. The molecule has 0 unspecified atom stereocenters. The van der Waals surface area contributed by atoms with E-state index in [9.17, 15) is 5.11 Å². The van der Waals surface area contributed by atoms with Gasteiger partial charge in [-0.25, -0.2) is 0 Å². The fourth-order valence-electron chi connectivity index (χ4n) is 1.99. The molecule has 3 heteroatoms. The van der Waals surface area contributed by atoms with Gasteiger partial charge in [0.2, 0.25) is 0 Å². The zero-order valence-corrected chi connectivity index (χ0v) is 10.6. The maximum atomic E-state index is 9.90. The highest BCUT2D eigenvalue weighted by molar-refractivity contribution is 5.40. The molecule has 3 nitrogen and oxygen atoms in total. The van der Waals surface area contributed by atoms with Crippen LogP contribution in [0.4, 0.5) is 5.69 Å². The summed E-state index contributed by atoms with van der Waals surface area (Å²) < 4.78 is 0. The quantitative estimate of drug-likeness (QED) is 0.459. The van der Waals surface area contributed by atoms with Crippen LogP contribution in [0.25, 0.3) is 0 Å². The Balaban J connectivity index is 2.01. The molecule has 0 atom stereocenters. The average Bonchev–Trinajstić information content (AvgIpc) is 3.12. The van der Waals surface area contributed by atoms with Crippen LogP contribution in [0.2, 0.25) is 0 Å². The normalized spacial score (nSPS) is 13.7. The molecule has 0 aromatic heterocycles. The lowest BCUT2D eigenvalue weighted by molar-refractivity contribution is 0.261. The van der Waals surface area contributed by atoms with E-state index in [2.05, 4.69) is 11.5 Å². The number of hydrogen-bond acceptors (Lipinski definition) is 3. The van der Waals surface area contributed by atoms with Crippen molar-refractivity contribution in [3.63, 3.8) is 0 Å². The third-order valence-electron chi connectivity index (χ3n) is 3.03. The molecule has 0 aliphatic heterocycles. The monoisotopic (exact) mass is 244 g/mol. The predicted molar refractivity (Wildman–Crippen MR) is 75.2 cm³/mol. The maximum absolute atomic E-state index is 9.90. The molecule has 0 heterocycles. The number of allylic oxidation sites excluding steroid dienone is 1. The maximum Gasteiger partial charge on any atom is 0.105 e. The molecule has 3 N–H and O–H groups in total. The van der Waals surface area contributed by atoms with Crippen LogP contribution >= 0.6 is 0 Å². The van der Waals surface area contributed by atoms with Crippen molar-refractivity contribution in [2.75, 3.05) is 18.8 Å². The van der Waals surface area contributed by atoms with E-state index in [1.165, 1.54) is 5.57 Å². The number of anilines is 1. The van der Waals surface area contributed by atoms with Crippen molar-refractivity contribution in [3.05, 3.63) is 53.8 Å². The molecule has 1 aromatic rings. The number of nitrogens with two attached hydrogens (primary N) is 1. The Hall–Kier alpha value is -1.74. The van der Waals surface area contributed by atoms with Crippen LogP contribution in [0.3, 0.4) is 0 Å². The smallest absolute Gasteiger partial charge is 0.105 e. The van der Waals surface area contributed by atoms with E-state index in [1.54, 1.807) is 0 Å². The summed E-state index contributed by atoms with van der Waals surface area (Å²) in [5, 5.41) is 9.90. The lowest BCUT2D eigenvalue weighted by atomic mass is 10.2. The Labute approximate surface area is 108 Å². The van der Waals surface area contributed by atoms with Gasteiger partial charge in [0.15, 0.2) is 0 Å². The standard InChI is InChI=1S/C15H20N2O/c1-2-8-17(11-15(18)13-6-7-13)10-12-4-3-5-14(16)9-12/h2-5,9,18H,1,6-8,10-11,16H2. The number of hydrogen-bond donors (Lipinski definition) is 2. The lowest BCUT2D eigenvalue weighted by Gasteiger charge is -2.20. The van der Waals surface area contributed by atoms with Gasteiger partial charge in [-0.15, -0.1) is 6.58 Å². The number of nitrogens with zero attached hydrogens (tertiary/aromatic N) is 1. The number of rotatable bonds is 6. The van der Waals surface area contributed by atoms with Gasteiger partial charge in [-0.2, -0.15) is 0 Å². The van der Waals surface area contributed by atoms with Gasteiger partial charge in [-0.05, 0) is 36.1 Å². The number of nitrogen functional groups attached to an aromatic ring is 1. The molecule has 0 saturated heterocycles. The first kappa shape index (κ1) is 12.7. The van der Waals surface area contributed by atoms with Gasteiger partial charge in [0.1, 0.15) is 5.76 Å². The Morgan fingerprint density at radius 3 is 2.83 bits per heavy atom. The molecule has 0 spiro atoms. The fraction of sp³-hybridized carbons (Fsp3) is 0.333. The summed E-state index contributed by atoms with van der Waals surface area (Å²) in [6.45, 7) is 5.89. The van der Waals surface area contributed by atoms with Crippen LogP contribution in [0, 0.1) is 0 Å². The molecule has 1 aliphatic carbocycles. The first-order valence-electron chi connectivity index (χ1n) is 6.26. The molecule has 18 heavy (non-hydrogen) atoms. The fourth-order valence-corrected chi connectivity index (χ4v) is 1.99. The number of aliphatic hydroxyl groups excluding tert-OH is 1. The summed E-state index contributed by atoms with van der Waals surface area (Å²) >= 11 is 0. The second-order valence-electron chi connectivity index (χ2n) is 4.75. The summed E-state index contributed by atoms with van der Waals surface area (Å²) in [6, 6.07) is 7.85. The van der Waals surface area contributed by atoms with E-state index in [1.807, 2.05) is 30.3 Å². The Morgan fingerprint density at radius 1 is 1.44 bits per heavy atom. The van der Waals surface area contributed by atoms with Crippen LogP contribution in [-0.4, -0.2) is 23.1 Å². The molecule has 1 aliphatic rings. The highest BCUT2D eigenvalue weighted by atomic mass is 16.3. The number of aliphatic hydroxyl groups is 1. The molecule has 96 valence electrons. The summed E-state index contributed by atoms with van der Waals surface area (Å²) in [5.41, 5.74) is 8.89. The molecule has 0 bridgehead atoms. The van der Waals surface area contributed by atoms with E-state index in [0.29, 0.717) is 12.3 Å². The van der Waals surface area contributed by atoms with Crippen molar-refractivity contribution in [2.45, 2.75) is 19.4 Å². The van der Waals surface area contributed by atoms with E-state index in [-0.39, 0.29) is 0 Å². The Kier molecular flexibility index (Phi) is 4.05. The topological polar surface area (TPSA) is 49.5 Å². The van der Waals surface area contributed by atoms with Gasteiger partial charge in [-0.3, -0.25) is 4.90 Å². The predicted octanol–water partition coefficient (Wildman–Crippen LogP) is 2.86. The minimum atomic E-state index is 0.528. The van der Waals surface area contributed by atoms with Crippen LogP contribution in [0.15, 0.2) is 48.3 Å². The van der Waals surface area contributed by atoms with Gasteiger partial charge in [0, 0.05) is 18.8 Å². The molecule has 2 rings (SSSR count). The van der Waals surface area contributed by atoms with Crippen molar-refractivity contribution in [1.29, 1.82) is 0 Å². The summed E-state index contributed by atoms with van der Waals surface area (Å²) in [4.78, 5) is 2.16. The molecule has 1 saturated carbocycles. The molecule has 0 amide bonds. The third kappa shape index (κ3) is 3.64. The average molecular weight is 244 g/mol. The highest BCUT2D eigenvalue weighted by Crippen LogP contribution is 2.30. The Bertz CT molecular complexity index is 459. The molecule has 1 aromatic carbocycles. The van der Waals surface area contributed by atoms with Gasteiger partial charge in [0.05, 0.1) is 6.54 Å². The van der Waals surface area contributed by atoms with Gasteiger partial charge in [0.25, 0.3) is 0 Å². The SMILES string of the molecule is C=CCN(CC(O)=C1CC1)Cc1cccc(N)c1. The van der Waals surface area contributed by atoms with Gasteiger partial charge in [-0.1, -0.05) is 18.2 Å². The van der Waals surface area contributed by atoms with E-state index in [0.717, 1.165) is 37.2 Å². The lowest BCUT2D eigenvalue weighted by Crippen LogP contribution is -2.25. The first-order valence-corrected chi connectivity index (χ1v) is 6.26. The van der Waals surface area contributed by atoms with Crippen molar-refractivity contribution < 1.29 is 5.11 Å². The molecular formula is C15H20N2O. The van der Waals surface area contributed by atoms with Crippen molar-refractivity contribution in [2.24, 2.45) is 0 Å². The van der Waals surface area contributed by atoms with Crippen molar-refractivity contribution in [3.8, 4) is 0 Å². The van der Waals surface area contributed by atoms with Crippen molar-refractivity contribution in [1.82, 2.24) is 4.90 Å². The van der Waals surface area contributed by atoms with E-state index in [4.69, 9.17) is 5.73 Å². The zero-order chi connectivity index (χ0) is 13.0. The van der Waals surface area contributed by atoms with E-state index < -0.39 is 0 Å². The number of benzene rings is 1. The summed E-state index contributed by atoms with van der Waals surface area (Å²) in [6.07, 6.45) is 3.95. The second kappa shape index (κ2) is 5.74. The van der Waals surface area contributed by atoms with Crippen LogP contribution in [-0.2, 0) is 6.54 Å². The minimum Gasteiger partial charge on any atom is -0.511 e. The first-order chi connectivity index (χ1) is 8.69. The van der Waals surface area contributed by atoms with Crippen LogP contribution in [0.1, 0.15) is 18.4 Å².